The number of aryl methyl sites for hydroxylation is 1. The molecule has 7 heteroatoms. The summed E-state index contributed by atoms with van der Waals surface area (Å²) in [4.78, 5) is 0. The monoisotopic (exact) mass is 448 g/mol. The van der Waals surface area contributed by atoms with Crippen LogP contribution in [0.5, 0.6) is 0 Å². The highest BCUT2D eigenvalue weighted by Crippen LogP contribution is 2.36. The number of rotatable bonds is 4. The van der Waals surface area contributed by atoms with Gasteiger partial charge in [0, 0.05) is 11.1 Å². The van der Waals surface area contributed by atoms with Crippen LogP contribution in [0.2, 0.25) is 0 Å². The highest BCUT2D eigenvalue weighted by molar-refractivity contribution is 5.66. The zero-order valence-corrected chi connectivity index (χ0v) is 16.5. The van der Waals surface area contributed by atoms with Gasteiger partial charge in [0.1, 0.15) is 28.8 Å². The van der Waals surface area contributed by atoms with E-state index < -0.39 is 40.6 Å². The number of halogens is 7. The van der Waals surface area contributed by atoms with E-state index in [0.29, 0.717) is 25.0 Å². The molecule has 0 spiro atoms. The molecule has 0 fully saturated rings. The van der Waals surface area contributed by atoms with Crippen molar-refractivity contribution < 1.29 is 30.7 Å². The first-order chi connectivity index (χ1) is 15.1. The van der Waals surface area contributed by atoms with Crippen molar-refractivity contribution in [3.63, 3.8) is 0 Å². The van der Waals surface area contributed by atoms with Crippen LogP contribution in [0.25, 0.3) is 11.1 Å². The summed E-state index contributed by atoms with van der Waals surface area (Å²) in [6, 6.07) is 8.80. The van der Waals surface area contributed by atoms with Gasteiger partial charge in [0.05, 0.1) is 5.56 Å². The number of hydrogen-bond acceptors (Lipinski definition) is 0. The molecule has 0 unspecified atom stereocenters. The van der Waals surface area contributed by atoms with E-state index in [1.165, 1.54) is 18.2 Å². The number of allylic oxidation sites excluding steroid dienone is 1. The maximum Gasteiger partial charge on any atom is 0.422 e. The third-order valence-corrected chi connectivity index (χ3v) is 4.62. The van der Waals surface area contributed by atoms with Crippen LogP contribution >= 0.6 is 0 Å². The molecule has 0 heterocycles. The van der Waals surface area contributed by atoms with E-state index in [1.807, 2.05) is 0 Å². The second kappa shape index (κ2) is 9.31. The first kappa shape index (κ1) is 23.1. The van der Waals surface area contributed by atoms with Gasteiger partial charge in [-0.25, -0.2) is 17.6 Å². The molecule has 0 bridgehead atoms. The van der Waals surface area contributed by atoms with E-state index >= 15 is 0 Å². The summed E-state index contributed by atoms with van der Waals surface area (Å²) in [5.41, 5.74) is -1.72. The summed E-state index contributed by atoms with van der Waals surface area (Å²) in [5, 5.41) is 0. The summed E-state index contributed by atoms with van der Waals surface area (Å²) in [7, 11) is 0. The fourth-order valence-electron chi connectivity index (χ4n) is 3.05. The van der Waals surface area contributed by atoms with Crippen molar-refractivity contribution >= 4 is 0 Å². The fourth-order valence-corrected chi connectivity index (χ4v) is 3.05. The molecule has 0 radical (unpaired) electrons. The van der Waals surface area contributed by atoms with Crippen LogP contribution in [0.15, 0.2) is 61.2 Å². The van der Waals surface area contributed by atoms with Gasteiger partial charge in [-0.1, -0.05) is 30.0 Å². The molecule has 0 aliphatic rings. The van der Waals surface area contributed by atoms with Crippen molar-refractivity contribution in [3.05, 3.63) is 107 Å². The summed E-state index contributed by atoms with van der Waals surface area (Å²) in [6.45, 7) is 3.60. The Morgan fingerprint density at radius 1 is 0.781 bits per heavy atom. The average molecular weight is 448 g/mol. The topological polar surface area (TPSA) is 0 Å². The van der Waals surface area contributed by atoms with Crippen LogP contribution in [0, 0.1) is 35.1 Å². The highest BCUT2D eigenvalue weighted by atomic mass is 19.4. The summed E-state index contributed by atoms with van der Waals surface area (Å²) >= 11 is 0. The molecule has 0 aliphatic heterocycles. The molecule has 164 valence electrons. The Bertz CT molecular complexity index is 1200. The predicted octanol–water partition coefficient (Wildman–Crippen LogP) is 7.45. The van der Waals surface area contributed by atoms with Gasteiger partial charge < -0.3 is 0 Å². The second-order valence-corrected chi connectivity index (χ2v) is 6.90. The van der Waals surface area contributed by atoms with Crippen LogP contribution in [-0.2, 0) is 12.6 Å². The minimum atomic E-state index is -5.22. The van der Waals surface area contributed by atoms with Crippen LogP contribution in [0.4, 0.5) is 30.7 Å². The Morgan fingerprint density at radius 3 is 2.03 bits per heavy atom. The molecule has 0 saturated carbocycles. The molecule has 0 saturated heterocycles. The Morgan fingerprint density at radius 2 is 1.47 bits per heavy atom. The lowest BCUT2D eigenvalue weighted by molar-refractivity contribution is -0.142. The molecular formula is C25H15F7. The Labute approximate surface area is 180 Å². The summed E-state index contributed by atoms with van der Waals surface area (Å²) < 4.78 is 94.4. The fraction of sp³-hybridized carbons (Fsp3) is 0.120. The van der Waals surface area contributed by atoms with E-state index in [2.05, 4.69) is 18.4 Å². The molecule has 0 amide bonds. The zero-order chi connectivity index (χ0) is 23.5. The van der Waals surface area contributed by atoms with Crippen molar-refractivity contribution in [1.82, 2.24) is 0 Å². The molecule has 0 N–H and O–H groups in total. The molecule has 0 aromatic heterocycles. The third-order valence-electron chi connectivity index (χ3n) is 4.62. The van der Waals surface area contributed by atoms with Crippen molar-refractivity contribution in [2.45, 2.75) is 19.0 Å². The van der Waals surface area contributed by atoms with Crippen LogP contribution in [0.3, 0.4) is 0 Å². The van der Waals surface area contributed by atoms with Gasteiger partial charge in [-0.05, 0) is 60.4 Å². The summed E-state index contributed by atoms with van der Waals surface area (Å²) in [5.74, 6) is 0.00396. The van der Waals surface area contributed by atoms with Gasteiger partial charge in [0.2, 0.25) is 0 Å². The van der Waals surface area contributed by atoms with E-state index in [1.54, 1.807) is 12.1 Å². The van der Waals surface area contributed by atoms with Gasteiger partial charge in [-0.15, -0.1) is 6.58 Å². The lowest BCUT2D eigenvalue weighted by atomic mass is 10.0. The Hall–Kier alpha value is -3.53. The third kappa shape index (κ3) is 5.20. The van der Waals surface area contributed by atoms with E-state index in [0.717, 1.165) is 17.7 Å². The quantitative estimate of drug-likeness (QED) is 0.221. The molecule has 0 aliphatic carbocycles. The van der Waals surface area contributed by atoms with Crippen molar-refractivity contribution in [2.75, 3.05) is 0 Å². The maximum atomic E-state index is 14.5. The largest absolute Gasteiger partial charge is 0.422 e. The van der Waals surface area contributed by atoms with E-state index in [4.69, 9.17) is 0 Å². The van der Waals surface area contributed by atoms with E-state index in [9.17, 15) is 30.7 Å². The summed E-state index contributed by atoms with van der Waals surface area (Å²) in [6.07, 6.45) is -2.17. The lowest BCUT2D eigenvalue weighted by Crippen LogP contribution is -2.11. The molecule has 0 nitrogen and oxygen atoms in total. The Kier molecular flexibility index (Phi) is 6.73. The van der Waals surface area contributed by atoms with Crippen LogP contribution in [-0.4, -0.2) is 0 Å². The normalized spacial score (nSPS) is 11.1. The van der Waals surface area contributed by atoms with Crippen molar-refractivity contribution in [2.24, 2.45) is 0 Å². The van der Waals surface area contributed by atoms with Gasteiger partial charge in [-0.2, -0.15) is 13.2 Å². The molecular weight excluding hydrogens is 433 g/mol. The van der Waals surface area contributed by atoms with E-state index in [-0.39, 0.29) is 16.7 Å². The number of hydrogen-bond donors (Lipinski definition) is 0. The highest BCUT2D eigenvalue weighted by Gasteiger charge is 2.38. The maximum absolute atomic E-state index is 14.5. The molecule has 32 heavy (non-hydrogen) atoms. The molecule has 3 aromatic rings. The smallest absolute Gasteiger partial charge is 0.206 e. The van der Waals surface area contributed by atoms with Gasteiger partial charge >= 0.3 is 6.18 Å². The van der Waals surface area contributed by atoms with Gasteiger partial charge in [-0.3, -0.25) is 0 Å². The number of alkyl halides is 3. The number of benzene rings is 3. The molecule has 3 rings (SSSR count). The zero-order valence-electron chi connectivity index (χ0n) is 16.5. The minimum absolute atomic E-state index is 0.101. The first-order valence-electron chi connectivity index (χ1n) is 9.37. The standard InChI is InChI=1S/C25H15F7/c1-2-3-4-15-5-8-17(20(26)11-15)9-6-16-7-10-19(21(27)12-16)18-13-22(28)24(23(29)14-18)25(30,31)32/h2,5,7-8,10-14H,1,3-4H2. The SMILES string of the molecule is C=CCCc1ccc(C#Cc2ccc(-c3cc(F)c(C(F)(F)F)c(F)c3)c(F)c2)c(F)c1. The van der Waals surface area contributed by atoms with Gasteiger partial charge in [0.15, 0.2) is 0 Å². The predicted molar refractivity (Wildman–Crippen MR) is 108 cm³/mol. The second-order valence-electron chi connectivity index (χ2n) is 6.90. The first-order valence-corrected chi connectivity index (χ1v) is 9.37. The molecule has 3 aromatic carbocycles. The van der Waals surface area contributed by atoms with Gasteiger partial charge in [0.25, 0.3) is 0 Å². The Balaban J connectivity index is 1.88. The van der Waals surface area contributed by atoms with Crippen molar-refractivity contribution in [1.29, 1.82) is 0 Å². The minimum Gasteiger partial charge on any atom is -0.206 e. The molecule has 0 atom stereocenters. The average Bonchev–Trinajstić information content (AvgIpc) is 2.70. The van der Waals surface area contributed by atoms with Crippen LogP contribution < -0.4 is 0 Å². The van der Waals surface area contributed by atoms with Crippen LogP contribution in [0.1, 0.15) is 28.7 Å². The lowest BCUT2D eigenvalue weighted by Gasteiger charge is -2.11. The van der Waals surface area contributed by atoms with Crippen molar-refractivity contribution in [3.8, 4) is 23.0 Å².